The van der Waals surface area contributed by atoms with Gasteiger partial charge in [0, 0.05) is 12.1 Å². The molecule has 1 aromatic carbocycles. The van der Waals surface area contributed by atoms with E-state index in [1.807, 2.05) is 6.07 Å². The smallest absolute Gasteiger partial charge is 0.123 e. The molecule has 0 amide bonds. The van der Waals surface area contributed by atoms with Gasteiger partial charge in [-0.3, -0.25) is 0 Å². The van der Waals surface area contributed by atoms with Gasteiger partial charge in [0.05, 0.1) is 7.11 Å². The monoisotopic (exact) mass is 222 g/mol. The topological polar surface area (TPSA) is 38.5 Å². The fourth-order valence-electron chi connectivity index (χ4n) is 1.76. The highest BCUT2D eigenvalue weighted by Crippen LogP contribution is 2.21. The van der Waals surface area contributed by atoms with E-state index < -0.39 is 0 Å². The molecule has 0 bridgehead atoms. The molecule has 16 heavy (non-hydrogen) atoms. The lowest BCUT2D eigenvalue weighted by Gasteiger charge is -2.14. The van der Waals surface area contributed by atoms with Gasteiger partial charge < -0.3 is 15.4 Å². The van der Waals surface area contributed by atoms with Crippen LogP contribution in [0.3, 0.4) is 0 Å². The first-order valence-corrected chi connectivity index (χ1v) is 5.68. The number of ether oxygens (including phenoxy) is 1. The number of benzene rings is 1. The van der Waals surface area contributed by atoms with E-state index in [4.69, 9.17) is 10.5 Å². The Kier molecular flexibility index (Phi) is 5.29. The lowest BCUT2D eigenvalue weighted by atomic mass is 10.1. The van der Waals surface area contributed by atoms with Crippen molar-refractivity contribution in [3.8, 4) is 5.75 Å². The highest BCUT2D eigenvalue weighted by molar-refractivity contribution is 5.37. The first-order valence-electron chi connectivity index (χ1n) is 5.68. The van der Waals surface area contributed by atoms with Gasteiger partial charge in [-0.2, -0.15) is 0 Å². The van der Waals surface area contributed by atoms with Gasteiger partial charge in [-0.05, 0) is 45.1 Å². The van der Waals surface area contributed by atoms with Crippen molar-refractivity contribution in [3.05, 3.63) is 29.3 Å². The van der Waals surface area contributed by atoms with Crippen LogP contribution in [0.1, 0.15) is 17.5 Å². The third-order valence-electron chi connectivity index (χ3n) is 2.50. The summed E-state index contributed by atoms with van der Waals surface area (Å²) in [4.78, 5) is 2.14. The van der Waals surface area contributed by atoms with Crippen molar-refractivity contribution in [2.45, 2.75) is 19.4 Å². The van der Waals surface area contributed by atoms with Crippen LogP contribution in [-0.2, 0) is 13.0 Å². The van der Waals surface area contributed by atoms with Crippen LogP contribution in [0.15, 0.2) is 18.2 Å². The molecule has 0 aliphatic heterocycles. The predicted octanol–water partition coefficient (Wildman–Crippen LogP) is 1.65. The van der Waals surface area contributed by atoms with Crippen molar-refractivity contribution in [1.82, 2.24) is 4.90 Å². The van der Waals surface area contributed by atoms with E-state index in [1.54, 1.807) is 7.11 Å². The van der Waals surface area contributed by atoms with Crippen LogP contribution in [0.2, 0.25) is 0 Å². The van der Waals surface area contributed by atoms with Gasteiger partial charge in [0.2, 0.25) is 0 Å². The first-order chi connectivity index (χ1) is 7.67. The van der Waals surface area contributed by atoms with E-state index >= 15 is 0 Å². The molecular formula is C13H22N2O. The Morgan fingerprint density at radius 3 is 2.62 bits per heavy atom. The molecule has 90 valence electrons. The van der Waals surface area contributed by atoms with E-state index in [0.717, 1.165) is 31.7 Å². The summed E-state index contributed by atoms with van der Waals surface area (Å²) in [6.07, 6.45) is 2.08. The van der Waals surface area contributed by atoms with Crippen molar-refractivity contribution in [2.24, 2.45) is 5.73 Å². The summed E-state index contributed by atoms with van der Waals surface area (Å²) in [5, 5.41) is 0. The molecule has 0 atom stereocenters. The first kappa shape index (κ1) is 13.0. The van der Waals surface area contributed by atoms with Gasteiger partial charge in [0.25, 0.3) is 0 Å². The second-order valence-electron chi connectivity index (χ2n) is 4.28. The molecule has 0 heterocycles. The standard InChI is InChI=1S/C13H22N2O/c1-15(2)10-12-9-11(5-4-8-14)6-7-13(12)16-3/h6-7,9H,4-5,8,10,14H2,1-3H3. The highest BCUT2D eigenvalue weighted by Gasteiger charge is 2.05. The minimum Gasteiger partial charge on any atom is -0.496 e. The van der Waals surface area contributed by atoms with Gasteiger partial charge in [-0.1, -0.05) is 12.1 Å². The maximum Gasteiger partial charge on any atom is 0.123 e. The zero-order valence-electron chi connectivity index (χ0n) is 10.5. The lowest BCUT2D eigenvalue weighted by molar-refractivity contribution is 0.371. The number of nitrogens with zero attached hydrogens (tertiary/aromatic N) is 1. The van der Waals surface area contributed by atoms with Crippen molar-refractivity contribution in [3.63, 3.8) is 0 Å². The van der Waals surface area contributed by atoms with Crippen molar-refractivity contribution in [1.29, 1.82) is 0 Å². The Labute approximate surface area is 98.2 Å². The summed E-state index contributed by atoms with van der Waals surface area (Å²) >= 11 is 0. The van der Waals surface area contributed by atoms with E-state index in [1.165, 1.54) is 11.1 Å². The minimum absolute atomic E-state index is 0.745. The molecule has 2 N–H and O–H groups in total. The molecular weight excluding hydrogens is 200 g/mol. The summed E-state index contributed by atoms with van der Waals surface area (Å²) < 4.78 is 5.35. The number of hydrogen-bond donors (Lipinski definition) is 1. The van der Waals surface area contributed by atoms with Crippen LogP contribution in [0.4, 0.5) is 0 Å². The number of hydrogen-bond acceptors (Lipinski definition) is 3. The molecule has 3 nitrogen and oxygen atoms in total. The molecule has 0 aliphatic rings. The normalized spacial score (nSPS) is 10.8. The zero-order valence-corrected chi connectivity index (χ0v) is 10.5. The Bertz CT molecular complexity index is 324. The van der Waals surface area contributed by atoms with Crippen molar-refractivity contribution >= 4 is 0 Å². The molecule has 0 saturated carbocycles. The molecule has 3 heteroatoms. The van der Waals surface area contributed by atoms with Gasteiger partial charge in [0.15, 0.2) is 0 Å². The largest absolute Gasteiger partial charge is 0.496 e. The lowest BCUT2D eigenvalue weighted by Crippen LogP contribution is -2.12. The van der Waals surface area contributed by atoms with E-state index in [-0.39, 0.29) is 0 Å². The molecule has 0 radical (unpaired) electrons. The van der Waals surface area contributed by atoms with Gasteiger partial charge in [-0.15, -0.1) is 0 Å². The van der Waals surface area contributed by atoms with Crippen LogP contribution in [0.25, 0.3) is 0 Å². The molecule has 1 aromatic rings. The molecule has 0 aliphatic carbocycles. The summed E-state index contributed by atoms with van der Waals surface area (Å²) in [6.45, 7) is 1.65. The average molecular weight is 222 g/mol. The Hall–Kier alpha value is -1.06. The average Bonchev–Trinajstić information content (AvgIpc) is 2.26. The van der Waals surface area contributed by atoms with Crippen LogP contribution in [-0.4, -0.2) is 32.6 Å². The molecule has 0 fully saturated rings. The second kappa shape index (κ2) is 6.51. The van der Waals surface area contributed by atoms with Crippen molar-refractivity contribution in [2.75, 3.05) is 27.7 Å². The predicted molar refractivity (Wildman–Crippen MR) is 67.8 cm³/mol. The fourth-order valence-corrected chi connectivity index (χ4v) is 1.76. The van der Waals surface area contributed by atoms with Crippen LogP contribution >= 0.6 is 0 Å². The minimum atomic E-state index is 0.745. The Balaban J connectivity index is 2.83. The molecule has 0 spiro atoms. The van der Waals surface area contributed by atoms with E-state index in [9.17, 15) is 0 Å². The quantitative estimate of drug-likeness (QED) is 0.795. The van der Waals surface area contributed by atoms with Gasteiger partial charge in [-0.25, -0.2) is 0 Å². The van der Waals surface area contributed by atoms with E-state index in [2.05, 4.69) is 31.1 Å². The third-order valence-corrected chi connectivity index (χ3v) is 2.50. The van der Waals surface area contributed by atoms with E-state index in [0.29, 0.717) is 0 Å². The summed E-state index contributed by atoms with van der Waals surface area (Å²) in [6, 6.07) is 6.38. The summed E-state index contributed by atoms with van der Waals surface area (Å²) in [5.74, 6) is 0.963. The maximum absolute atomic E-state index is 5.52. The van der Waals surface area contributed by atoms with Crippen molar-refractivity contribution < 1.29 is 4.74 Å². The van der Waals surface area contributed by atoms with Crippen LogP contribution < -0.4 is 10.5 Å². The maximum atomic E-state index is 5.52. The third kappa shape index (κ3) is 3.83. The van der Waals surface area contributed by atoms with Crippen LogP contribution in [0.5, 0.6) is 5.75 Å². The number of rotatable bonds is 6. The zero-order chi connectivity index (χ0) is 12.0. The molecule has 0 unspecified atom stereocenters. The SMILES string of the molecule is COc1ccc(CCCN)cc1CN(C)C. The fraction of sp³-hybridized carbons (Fsp3) is 0.538. The Morgan fingerprint density at radius 2 is 2.06 bits per heavy atom. The highest BCUT2D eigenvalue weighted by atomic mass is 16.5. The molecule has 0 aromatic heterocycles. The molecule has 0 saturated heterocycles. The second-order valence-corrected chi connectivity index (χ2v) is 4.28. The molecule has 1 rings (SSSR count). The summed E-state index contributed by atoms with van der Waals surface area (Å²) in [7, 11) is 5.84. The number of methoxy groups -OCH3 is 1. The van der Waals surface area contributed by atoms with Gasteiger partial charge >= 0.3 is 0 Å². The Morgan fingerprint density at radius 1 is 1.31 bits per heavy atom. The van der Waals surface area contributed by atoms with Crippen LogP contribution in [0, 0.1) is 0 Å². The summed E-state index contributed by atoms with van der Waals surface area (Å²) in [5.41, 5.74) is 8.09. The number of aryl methyl sites for hydroxylation is 1. The van der Waals surface area contributed by atoms with Gasteiger partial charge in [0.1, 0.15) is 5.75 Å². The number of nitrogens with two attached hydrogens (primary N) is 1.